The van der Waals surface area contributed by atoms with Crippen molar-refractivity contribution in [1.29, 1.82) is 0 Å². The summed E-state index contributed by atoms with van der Waals surface area (Å²) >= 11 is 0. The third kappa shape index (κ3) is 2.65. The van der Waals surface area contributed by atoms with Crippen LogP contribution in [-0.2, 0) is 0 Å². The molecule has 2 heterocycles. The molecule has 24 heavy (non-hydrogen) atoms. The Morgan fingerprint density at radius 3 is 2.50 bits per heavy atom. The number of nitrogens with zero attached hydrogens (tertiary/aromatic N) is 2. The van der Waals surface area contributed by atoms with E-state index >= 15 is 0 Å². The van der Waals surface area contributed by atoms with Gasteiger partial charge >= 0.3 is 0 Å². The summed E-state index contributed by atoms with van der Waals surface area (Å²) in [4.78, 5) is 4.79. The summed E-state index contributed by atoms with van der Waals surface area (Å²) in [5.41, 5.74) is 3.39. The third-order valence-corrected chi connectivity index (χ3v) is 4.23. The summed E-state index contributed by atoms with van der Waals surface area (Å²) in [6, 6.07) is 22.7. The molecule has 0 aliphatic rings. The number of para-hydroxylation sites is 2. The van der Waals surface area contributed by atoms with Crippen molar-refractivity contribution in [3.8, 4) is 0 Å². The molecule has 0 spiro atoms. The van der Waals surface area contributed by atoms with Crippen LogP contribution in [-0.4, -0.2) is 9.55 Å². The first kappa shape index (κ1) is 14.5. The van der Waals surface area contributed by atoms with Gasteiger partial charge in [0.1, 0.15) is 11.6 Å². The number of rotatable bonds is 4. The fourth-order valence-electron chi connectivity index (χ4n) is 3.01. The first-order valence-corrected chi connectivity index (χ1v) is 8.06. The molecule has 0 radical (unpaired) electrons. The summed E-state index contributed by atoms with van der Waals surface area (Å²) in [5.74, 6) is 1.74. The highest BCUT2D eigenvalue weighted by molar-refractivity contribution is 5.80. The third-order valence-electron chi connectivity index (χ3n) is 4.23. The van der Waals surface area contributed by atoms with Crippen LogP contribution >= 0.6 is 0 Å². The Morgan fingerprint density at radius 2 is 1.71 bits per heavy atom. The quantitative estimate of drug-likeness (QED) is 0.504. The van der Waals surface area contributed by atoms with Gasteiger partial charge in [-0.15, -0.1) is 0 Å². The van der Waals surface area contributed by atoms with Crippen molar-refractivity contribution in [2.75, 3.05) is 0 Å². The molecule has 0 saturated heterocycles. The Kier molecular flexibility index (Phi) is 3.75. The highest BCUT2D eigenvalue weighted by Crippen LogP contribution is 2.27. The van der Waals surface area contributed by atoms with Gasteiger partial charge in [-0.1, -0.05) is 42.5 Å². The second-order valence-electron chi connectivity index (χ2n) is 5.76. The van der Waals surface area contributed by atoms with Gasteiger partial charge in [0.05, 0.1) is 23.3 Å². The van der Waals surface area contributed by atoms with Gasteiger partial charge in [0, 0.05) is 0 Å². The van der Waals surface area contributed by atoms with E-state index in [0.29, 0.717) is 0 Å². The van der Waals surface area contributed by atoms with Gasteiger partial charge in [0.25, 0.3) is 0 Å². The van der Waals surface area contributed by atoms with E-state index in [1.807, 2.05) is 42.5 Å². The van der Waals surface area contributed by atoms with E-state index in [4.69, 9.17) is 9.40 Å². The zero-order valence-electron chi connectivity index (χ0n) is 13.5. The Hall–Kier alpha value is -3.07. The largest absolute Gasteiger partial charge is 0.465 e. The normalized spacial score (nSPS) is 12.9. The van der Waals surface area contributed by atoms with Crippen LogP contribution in [0.5, 0.6) is 0 Å². The van der Waals surface area contributed by atoms with Gasteiger partial charge in [0.15, 0.2) is 0 Å². The number of fused-ring (bicyclic) bond motifs is 1. The lowest BCUT2D eigenvalue weighted by atomic mass is 10.1. The van der Waals surface area contributed by atoms with Crippen LogP contribution in [0, 0.1) is 0 Å². The molecule has 0 aliphatic carbocycles. The summed E-state index contributed by atoms with van der Waals surface area (Å²) in [6.45, 7) is 2.20. The van der Waals surface area contributed by atoms with Gasteiger partial charge < -0.3 is 8.98 Å². The van der Waals surface area contributed by atoms with Crippen molar-refractivity contribution in [2.24, 2.45) is 0 Å². The van der Waals surface area contributed by atoms with Gasteiger partial charge in [-0.25, -0.2) is 4.98 Å². The minimum Gasteiger partial charge on any atom is -0.465 e. The average molecular weight is 314 g/mol. The molecule has 0 amide bonds. The summed E-state index contributed by atoms with van der Waals surface area (Å²) in [7, 11) is 0. The molecule has 2 aromatic heterocycles. The van der Waals surface area contributed by atoms with Crippen molar-refractivity contribution in [1.82, 2.24) is 9.55 Å². The minimum absolute atomic E-state index is 0.190. The van der Waals surface area contributed by atoms with Crippen LogP contribution in [0.1, 0.15) is 30.1 Å². The second kappa shape index (κ2) is 6.20. The van der Waals surface area contributed by atoms with Crippen molar-refractivity contribution < 1.29 is 4.42 Å². The number of benzene rings is 2. The molecular formula is C21H18N2O. The molecule has 3 heteroatoms. The smallest absolute Gasteiger partial charge is 0.134 e. The molecule has 0 fully saturated rings. The second-order valence-corrected chi connectivity index (χ2v) is 5.76. The Bertz CT molecular complexity index is 966. The van der Waals surface area contributed by atoms with Crippen LogP contribution < -0.4 is 0 Å². The zero-order valence-corrected chi connectivity index (χ0v) is 13.5. The molecule has 0 saturated carbocycles. The molecule has 0 bridgehead atoms. The molecule has 4 rings (SSSR count). The maximum atomic E-state index is 5.39. The minimum atomic E-state index is 0.190. The van der Waals surface area contributed by atoms with E-state index in [9.17, 15) is 0 Å². The van der Waals surface area contributed by atoms with E-state index in [1.165, 1.54) is 5.56 Å². The molecule has 0 N–H and O–H groups in total. The summed E-state index contributed by atoms with van der Waals surface area (Å²) in [6.07, 6.45) is 5.64. The van der Waals surface area contributed by atoms with Gasteiger partial charge in [-0.05, 0) is 48.9 Å². The van der Waals surface area contributed by atoms with E-state index in [1.54, 1.807) is 6.26 Å². The molecule has 2 aromatic carbocycles. The fraction of sp³-hybridized carbons (Fsp3) is 0.0952. The molecule has 0 aliphatic heterocycles. The summed E-state index contributed by atoms with van der Waals surface area (Å²) in [5, 5.41) is 0. The van der Waals surface area contributed by atoms with E-state index < -0.39 is 0 Å². The lowest BCUT2D eigenvalue weighted by Crippen LogP contribution is -2.08. The maximum Gasteiger partial charge on any atom is 0.134 e. The lowest BCUT2D eigenvalue weighted by molar-refractivity contribution is 0.557. The van der Waals surface area contributed by atoms with Gasteiger partial charge in [-0.3, -0.25) is 0 Å². The first-order chi connectivity index (χ1) is 11.8. The fourth-order valence-corrected chi connectivity index (χ4v) is 3.01. The SMILES string of the molecule is C[C@@H](c1ccccc1)n1c(/C=C/c2ccco2)nc2ccccc21. The Balaban J connectivity index is 1.84. The van der Waals surface area contributed by atoms with E-state index in [2.05, 4.69) is 47.9 Å². The molecule has 0 unspecified atom stereocenters. The predicted octanol–water partition coefficient (Wildman–Crippen LogP) is 5.41. The Morgan fingerprint density at radius 1 is 0.917 bits per heavy atom. The van der Waals surface area contributed by atoms with Crippen molar-refractivity contribution in [3.63, 3.8) is 0 Å². The predicted molar refractivity (Wildman–Crippen MR) is 97.6 cm³/mol. The monoisotopic (exact) mass is 314 g/mol. The number of aromatic nitrogens is 2. The van der Waals surface area contributed by atoms with Crippen LogP contribution in [0.3, 0.4) is 0 Å². The Labute approximate surface area is 140 Å². The van der Waals surface area contributed by atoms with Gasteiger partial charge in [0.2, 0.25) is 0 Å². The topological polar surface area (TPSA) is 31.0 Å². The average Bonchev–Trinajstić information content (AvgIpc) is 3.27. The van der Waals surface area contributed by atoms with Crippen LogP contribution in [0.15, 0.2) is 77.4 Å². The molecule has 4 aromatic rings. The highest BCUT2D eigenvalue weighted by atomic mass is 16.3. The van der Waals surface area contributed by atoms with Gasteiger partial charge in [-0.2, -0.15) is 0 Å². The number of hydrogen-bond acceptors (Lipinski definition) is 2. The number of imidazole rings is 1. The molecule has 118 valence electrons. The van der Waals surface area contributed by atoms with Crippen LogP contribution in [0.2, 0.25) is 0 Å². The van der Waals surface area contributed by atoms with E-state index in [0.717, 1.165) is 22.6 Å². The van der Waals surface area contributed by atoms with Crippen molar-refractivity contribution in [2.45, 2.75) is 13.0 Å². The number of hydrogen-bond donors (Lipinski definition) is 0. The van der Waals surface area contributed by atoms with Crippen LogP contribution in [0.4, 0.5) is 0 Å². The molecule has 1 atom stereocenters. The zero-order chi connectivity index (χ0) is 16.4. The standard InChI is InChI=1S/C21H18N2O/c1-16(17-8-3-2-4-9-17)23-20-12-6-5-11-19(20)22-21(23)14-13-18-10-7-15-24-18/h2-16H,1H3/b14-13+/t16-/m0/s1. The highest BCUT2D eigenvalue weighted by Gasteiger charge is 2.15. The molecule has 3 nitrogen and oxygen atoms in total. The first-order valence-electron chi connectivity index (χ1n) is 8.06. The van der Waals surface area contributed by atoms with Crippen LogP contribution in [0.25, 0.3) is 23.2 Å². The van der Waals surface area contributed by atoms with E-state index in [-0.39, 0.29) is 6.04 Å². The lowest BCUT2D eigenvalue weighted by Gasteiger charge is -2.17. The molecular weight excluding hydrogens is 296 g/mol. The number of furan rings is 1. The van der Waals surface area contributed by atoms with Crippen molar-refractivity contribution >= 4 is 23.2 Å². The van der Waals surface area contributed by atoms with Crippen molar-refractivity contribution in [3.05, 3.63) is 90.1 Å². The maximum absolute atomic E-state index is 5.39. The summed E-state index contributed by atoms with van der Waals surface area (Å²) < 4.78 is 7.66.